The van der Waals surface area contributed by atoms with Crippen LogP contribution in [0.3, 0.4) is 0 Å². The zero-order valence-corrected chi connectivity index (χ0v) is 17.0. The van der Waals surface area contributed by atoms with Crippen LogP contribution < -0.4 is 19.7 Å². The maximum Gasteiger partial charge on any atom is 0.244 e. The van der Waals surface area contributed by atoms with Crippen LogP contribution in [0.4, 0.5) is 5.82 Å². The number of amides is 1. The molecule has 2 heterocycles. The second kappa shape index (κ2) is 9.88. The van der Waals surface area contributed by atoms with Gasteiger partial charge in [-0.1, -0.05) is 6.07 Å². The van der Waals surface area contributed by atoms with Gasteiger partial charge in [0.05, 0.1) is 34.0 Å². The number of aromatic nitrogens is 2. The van der Waals surface area contributed by atoms with Gasteiger partial charge >= 0.3 is 0 Å². The van der Waals surface area contributed by atoms with Crippen molar-refractivity contribution < 1.29 is 19.0 Å². The molecule has 1 aliphatic heterocycles. The van der Waals surface area contributed by atoms with E-state index in [1.165, 1.54) is 6.08 Å². The van der Waals surface area contributed by atoms with E-state index in [9.17, 15) is 4.79 Å². The van der Waals surface area contributed by atoms with Gasteiger partial charge in [-0.3, -0.25) is 4.79 Å². The summed E-state index contributed by atoms with van der Waals surface area (Å²) in [5.41, 5.74) is 1.70. The molecule has 1 amide bonds. The van der Waals surface area contributed by atoms with Crippen LogP contribution in [0.2, 0.25) is 0 Å². The molecule has 1 aromatic heterocycles. The molecule has 154 valence electrons. The Morgan fingerprint density at radius 3 is 2.66 bits per heavy atom. The molecule has 0 atom stereocenters. The van der Waals surface area contributed by atoms with Gasteiger partial charge in [-0.25, -0.2) is 9.97 Å². The highest BCUT2D eigenvalue weighted by molar-refractivity contribution is 5.91. The van der Waals surface area contributed by atoms with Crippen molar-refractivity contribution in [3.05, 3.63) is 47.4 Å². The van der Waals surface area contributed by atoms with Crippen LogP contribution in [0.1, 0.15) is 17.1 Å². The number of nitrogens with zero attached hydrogens (tertiary/aromatic N) is 3. The molecule has 8 heteroatoms. The van der Waals surface area contributed by atoms with Gasteiger partial charge in [0, 0.05) is 30.9 Å². The molecule has 1 saturated heterocycles. The smallest absolute Gasteiger partial charge is 0.244 e. The van der Waals surface area contributed by atoms with Gasteiger partial charge in [-0.15, -0.1) is 0 Å². The molecule has 0 aliphatic carbocycles. The van der Waals surface area contributed by atoms with Gasteiger partial charge < -0.3 is 24.4 Å². The van der Waals surface area contributed by atoms with Gasteiger partial charge in [-0.2, -0.15) is 0 Å². The average molecular weight is 398 g/mol. The molecule has 0 unspecified atom stereocenters. The lowest BCUT2D eigenvalue weighted by molar-refractivity contribution is -0.116. The first-order valence-corrected chi connectivity index (χ1v) is 9.44. The van der Waals surface area contributed by atoms with Gasteiger partial charge in [0.25, 0.3) is 0 Å². The number of hydrogen-bond acceptors (Lipinski definition) is 7. The number of carbonyl (C=O) groups excluding carboxylic acids is 1. The lowest BCUT2D eigenvalue weighted by atomic mass is 10.2. The monoisotopic (exact) mass is 398 g/mol. The lowest BCUT2D eigenvalue weighted by Crippen LogP contribution is -2.37. The van der Waals surface area contributed by atoms with E-state index in [4.69, 9.17) is 14.2 Å². The Morgan fingerprint density at radius 2 is 1.93 bits per heavy atom. The summed E-state index contributed by atoms with van der Waals surface area (Å²) in [6.45, 7) is 5.17. The van der Waals surface area contributed by atoms with E-state index < -0.39 is 0 Å². The van der Waals surface area contributed by atoms with E-state index >= 15 is 0 Å². The minimum Gasteiger partial charge on any atom is -0.493 e. The molecule has 0 spiro atoms. The molecule has 3 rings (SSSR count). The standard InChI is InChI=1S/C21H26N4O4/c1-15-12-20(25-8-10-29-11-9-25)24-19(23-15)14-22-21(26)7-5-16-4-6-17(27-2)18(13-16)28-3/h4-7,12-13H,8-11,14H2,1-3H3,(H,22,26). The van der Waals surface area contributed by atoms with Crippen molar-refractivity contribution in [2.45, 2.75) is 13.5 Å². The predicted molar refractivity (Wildman–Crippen MR) is 110 cm³/mol. The zero-order valence-electron chi connectivity index (χ0n) is 17.0. The molecule has 0 saturated carbocycles. The summed E-state index contributed by atoms with van der Waals surface area (Å²) >= 11 is 0. The first kappa shape index (κ1) is 20.6. The van der Waals surface area contributed by atoms with Gasteiger partial charge in [-0.05, 0) is 30.7 Å². The third-order valence-electron chi connectivity index (χ3n) is 4.48. The minimum atomic E-state index is -0.224. The van der Waals surface area contributed by atoms with Crippen molar-refractivity contribution in [3.63, 3.8) is 0 Å². The molecule has 0 radical (unpaired) electrons. The third kappa shape index (κ3) is 5.68. The van der Waals surface area contributed by atoms with Crippen LogP contribution >= 0.6 is 0 Å². The molecule has 1 aliphatic rings. The molecule has 1 N–H and O–H groups in total. The van der Waals surface area contributed by atoms with Crippen molar-refractivity contribution in [2.75, 3.05) is 45.4 Å². The first-order valence-electron chi connectivity index (χ1n) is 9.44. The third-order valence-corrected chi connectivity index (χ3v) is 4.48. The molecule has 2 aromatic rings. The van der Waals surface area contributed by atoms with Crippen LogP contribution in [0, 0.1) is 6.92 Å². The number of anilines is 1. The number of aryl methyl sites for hydroxylation is 1. The van der Waals surface area contributed by atoms with Crippen molar-refractivity contribution in [1.29, 1.82) is 0 Å². The molecule has 29 heavy (non-hydrogen) atoms. The normalized spacial score (nSPS) is 14.1. The molecular weight excluding hydrogens is 372 g/mol. The van der Waals surface area contributed by atoms with Crippen LogP contribution in [-0.2, 0) is 16.1 Å². The maximum absolute atomic E-state index is 12.2. The Bertz CT molecular complexity index is 879. The van der Waals surface area contributed by atoms with E-state index in [0.717, 1.165) is 30.2 Å². The van der Waals surface area contributed by atoms with Crippen LogP contribution in [0.5, 0.6) is 11.5 Å². The van der Waals surface area contributed by atoms with Gasteiger partial charge in [0.15, 0.2) is 11.5 Å². The number of ether oxygens (including phenoxy) is 3. The maximum atomic E-state index is 12.2. The summed E-state index contributed by atoms with van der Waals surface area (Å²) in [5.74, 6) is 2.48. The summed E-state index contributed by atoms with van der Waals surface area (Å²) in [6.07, 6.45) is 3.19. The van der Waals surface area contributed by atoms with Crippen LogP contribution in [-0.4, -0.2) is 56.4 Å². The van der Waals surface area contributed by atoms with Crippen LogP contribution in [0.15, 0.2) is 30.3 Å². The minimum absolute atomic E-state index is 0.224. The number of morpholine rings is 1. The van der Waals surface area contributed by atoms with E-state index in [1.807, 2.05) is 19.1 Å². The number of methoxy groups -OCH3 is 2. The second-order valence-corrected chi connectivity index (χ2v) is 6.55. The topological polar surface area (TPSA) is 85.8 Å². The predicted octanol–water partition coefficient (Wildman–Crippen LogP) is 1.97. The largest absolute Gasteiger partial charge is 0.493 e. The zero-order chi connectivity index (χ0) is 20.6. The van der Waals surface area contributed by atoms with Gasteiger partial charge in [0.1, 0.15) is 11.6 Å². The molecule has 1 fully saturated rings. The van der Waals surface area contributed by atoms with Crippen molar-refractivity contribution in [1.82, 2.24) is 15.3 Å². The molecular formula is C21H26N4O4. The quantitative estimate of drug-likeness (QED) is 0.714. The Labute approximate surface area is 170 Å². The summed E-state index contributed by atoms with van der Waals surface area (Å²) in [6, 6.07) is 7.40. The Hall–Kier alpha value is -3.13. The lowest BCUT2D eigenvalue weighted by Gasteiger charge is -2.28. The SMILES string of the molecule is COc1ccc(C=CC(=O)NCc2nc(C)cc(N3CCOCC3)n2)cc1OC. The highest BCUT2D eigenvalue weighted by atomic mass is 16.5. The number of rotatable bonds is 7. The fourth-order valence-electron chi connectivity index (χ4n) is 3.00. The van der Waals surface area contributed by atoms with E-state index in [1.54, 1.807) is 32.4 Å². The molecule has 0 bridgehead atoms. The first-order chi connectivity index (χ1) is 14.1. The Kier molecular flexibility index (Phi) is 7.02. The van der Waals surface area contributed by atoms with E-state index in [2.05, 4.69) is 20.2 Å². The van der Waals surface area contributed by atoms with Crippen LogP contribution in [0.25, 0.3) is 6.08 Å². The number of hydrogen-bond donors (Lipinski definition) is 1. The molecule has 1 aromatic carbocycles. The Balaban J connectivity index is 1.60. The van der Waals surface area contributed by atoms with Crippen molar-refractivity contribution in [3.8, 4) is 11.5 Å². The fourth-order valence-corrected chi connectivity index (χ4v) is 3.00. The summed E-state index contributed by atoms with van der Waals surface area (Å²) in [4.78, 5) is 23.4. The van der Waals surface area contributed by atoms with Crippen molar-refractivity contribution in [2.24, 2.45) is 0 Å². The Morgan fingerprint density at radius 1 is 1.17 bits per heavy atom. The summed E-state index contributed by atoms with van der Waals surface area (Å²) in [5, 5.41) is 2.83. The average Bonchev–Trinajstić information content (AvgIpc) is 2.76. The number of benzene rings is 1. The number of nitrogens with one attached hydrogen (secondary N) is 1. The molecule has 8 nitrogen and oxygen atoms in total. The fraction of sp³-hybridized carbons (Fsp3) is 0.381. The number of carbonyl (C=O) groups is 1. The highest BCUT2D eigenvalue weighted by Gasteiger charge is 2.14. The van der Waals surface area contributed by atoms with Gasteiger partial charge in [0.2, 0.25) is 5.91 Å². The summed E-state index contributed by atoms with van der Waals surface area (Å²) < 4.78 is 15.9. The summed E-state index contributed by atoms with van der Waals surface area (Å²) in [7, 11) is 3.16. The highest BCUT2D eigenvalue weighted by Crippen LogP contribution is 2.27. The van der Waals surface area contributed by atoms with E-state index in [0.29, 0.717) is 30.5 Å². The van der Waals surface area contributed by atoms with Crippen molar-refractivity contribution >= 4 is 17.8 Å². The van der Waals surface area contributed by atoms with E-state index in [-0.39, 0.29) is 12.5 Å². The second-order valence-electron chi connectivity index (χ2n) is 6.55.